The first-order chi connectivity index (χ1) is 10.3. The normalized spacial score (nSPS) is 18.2. The molecule has 0 aromatic heterocycles. The summed E-state index contributed by atoms with van der Waals surface area (Å²) in [6.07, 6.45) is 5.78. The first-order valence-corrected chi connectivity index (χ1v) is 8.45. The molecule has 105 valence electrons. The van der Waals surface area contributed by atoms with Gasteiger partial charge in [-0.1, -0.05) is 60.7 Å². The lowest BCUT2D eigenvalue weighted by Crippen LogP contribution is -2.23. The maximum atomic E-state index is 10.0. The van der Waals surface area contributed by atoms with Gasteiger partial charge in [-0.3, -0.25) is 0 Å². The summed E-state index contributed by atoms with van der Waals surface area (Å²) < 4.78 is 0. The number of hydrogen-bond donors (Lipinski definition) is 1. The van der Waals surface area contributed by atoms with E-state index in [-0.39, 0.29) is 0 Å². The van der Waals surface area contributed by atoms with Gasteiger partial charge in [-0.05, 0) is 44.7 Å². The maximum Gasteiger partial charge on any atom is 0.0587 e. The zero-order chi connectivity index (χ0) is 14.7. The Morgan fingerprint density at radius 3 is 1.81 bits per heavy atom. The molecular formula is C19H18OP. The number of hydrogen-bond acceptors (Lipinski definition) is 1. The van der Waals surface area contributed by atoms with Gasteiger partial charge < -0.3 is 5.11 Å². The Morgan fingerprint density at radius 1 is 0.810 bits per heavy atom. The fraction of sp³-hybridized carbons (Fsp3) is 0.105. The molecule has 0 amide bonds. The van der Waals surface area contributed by atoms with Crippen LogP contribution in [0, 0.1) is 30.8 Å². The zero-order valence-electron chi connectivity index (χ0n) is 12.0. The van der Waals surface area contributed by atoms with E-state index in [4.69, 9.17) is 0 Å². The SMILES string of the molecule is C[C@H](O)[C]1[CH][CH][CH][C]1P(c1ccccc1)c1ccccc1. The monoisotopic (exact) mass is 293 g/mol. The molecular weight excluding hydrogens is 275 g/mol. The van der Waals surface area contributed by atoms with Crippen molar-refractivity contribution < 1.29 is 5.11 Å². The van der Waals surface area contributed by atoms with Gasteiger partial charge in [-0.25, -0.2) is 0 Å². The largest absolute Gasteiger partial charge is 0.393 e. The second-order valence-electron chi connectivity index (χ2n) is 5.05. The van der Waals surface area contributed by atoms with Gasteiger partial charge in [0.2, 0.25) is 0 Å². The first-order valence-electron chi connectivity index (χ1n) is 7.11. The first kappa shape index (κ1) is 14.8. The molecule has 0 unspecified atom stereocenters. The summed E-state index contributed by atoms with van der Waals surface area (Å²) >= 11 is 0. The Balaban J connectivity index is 2.01. The van der Waals surface area contributed by atoms with Crippen molar-refractivity contribution in [2.75, 3.05) is 0 Å². The molecule has 0 spiro atoms. The van der Waals surface area contributed by atoms with Crippen LogP contribution < -0.4 is 10.6 Å². The predicted molar refractivity (Wildman–Crippen MR) is 90.1 cm³/mol. The highest BCUT2D eigenvalue weighted by Gasteiger charge is 2.39. The number of aliphatic hydroxyl groups is 1. The standard InChI is InChI=1S/C19H18OP/c1-15(20)18-13-8-14-19(18)21(16-9-4-2-5-10-16)17-11-6-3-7-12-17/h2-15,20H,1H3/t15-/m0/s1. The second-order valence-corrected chi connectivity index (χ2v) is 7.23. The van der Waals surface area contributed by atoms with Crippen molar-refractivity contribution in [2.24, 2.45) is 0 Å². The summed E-state index contributed by atoms with van der Waals surface area (Å²) in [5.74, 6) is 1.04. The van der Waals surface area contributed by atoms with E-state index < -0.39 is 14.0 Å². The van der Waals surface area contributed by atoms with E-state index in [1.54, 1.807) is 0 Å². The average Bonchev–Trinajstić information content (AvgIpc) is 2.99. The predicted octanol–water partition coefficient (Wildman–Crippen LogP) is 3.23. The van der Waals surface area contributed by atoms with E-state index in [0.717, 1.165) is 5.92 Å². The van der Waals surface area contributed by atoms with Crippen molar-refractivity contribution in [3.63, 3.8) is 0 Å². The van der Waals surface area contributed by atoms with Crippen molar-refractivity contribution in [1.29, 1.82) is 0 Å². The molecule has 1 N–H and O–H groups in total. The molecule has 1 nitrogen and oxygen atoms in total. The molecule has 0 aliphatic heterocycles. The molecule has 0 heterocycles. The van der Waals surface area contributed by atoms with Gasteiger partial charge in [-0.15, -0.1) is 0 Å². The Bertz CT molecular complexity index is 513. The molecule has 1 aliphatic rings. The van der Waals surface area contributed by atoms with Crippen LogP contribution in [0.15, 0.2) is 60.7 Å². The molecule has 1 atom stereocenters. The van der Waals surface area contributed by atoms with Gasteiger partial charge in [0.05, 0.1) is 6.10 Å². The van der Waals surface area contributed by atoms with E-state index in [1.807, 2.05) is 31.9 Å². The third-order valence-electron chi connectivity index (χ3n) is 3.55. The molecule has 3 rings (SSSR count). The Hall–Kier alpha value is -1.17. The molecule has 2 heteroatoms. The van der Waals surface area contributed by atoms with Gasteiger partial charge in [0.15, 0.2) is 0 Å². The minimum absolute atomic E-state index is 0.438. The van der Waals surface area contributed by atoms with Crippen LogP contribution in [-0.2, 0) is 0 Å². The number of benzene rings is 2. The lowest BCUT2D eigenvalue weighted by atomic mass is 10.0. The van der Waals surface area contributed by atoms with Crippen LogP contribution in [0.1, 0.15) is 6.92 Å². The third-order valence-corrected chi connectivity index (χ3v) is 6.06. The van der Waals surface area contributed by atoms with Crippen LogP contribution in [0.3, 0.4) is 0 Å². The minimum Gasteiger partial charge on any atom is -0.393 e. The Morgan fingerprint density at radius 2 is 1.33 bits per heavy atom. The van der Waals surface area contributed by atoms with E-state index in [0.29, 0.717) is 0 Å². The van der Waals surface area contributed by atoms with Crippen LogP contribution in [0.2, 0.25) is 0 Å². The molecule has 1 aliphatic carbocycles. The summed E-state index contributed by atoms with van der Waals surface area (Å²) in [5.41, 5.74) is 1.25. The van der Waals surface area contributed by atoms with Crippen molar-refractivity contribution in [3.05, 3.63) is 91.5 Å². The van der Waals surface area contributed by atoms with E-state index >= 15 is 0 Å². The van der Waals surface area contributed by atoms with Crippen LogP contribution >= 0.6 is 7.92 Å². The average molecular weight is 293 g/mol. The lowest BCUT2D eigenvalue weighted by molar-refractivity contribution is 0.215. The molecule has 2 aromatic carbocycles. The summed E-state index contributed by atoms with van der Waals surface area (Å²) in [6.45, 7) is 1.84. The fourth-order valence-electron chi connectivity index (χ4n) is 2.56. The fourth-order valence-corrected chi connectivity index (χ4v) is 5.11. The molecule has 5 radical (unpaired) electrons. The molecule has 21 heavy (non-hydrogen) atoms. The summed E-state index contributed by atoms with van der Waals surface area (Å²) in [6, 6.07) is 21.1. The minimum atomic E-state index is -0.622. The quantitative estimate of drug-likeness (QED) is 0.858. The maximum absolute atomic E-state index is 10.0. The van der Waals surface area contributed by atoms with Crippen LogP contribution in [0.25, 0.3) is 0 Å². The van der Waals surface area contributed by atoms with Crippen LogP contribution in [-0.4, -0.2) is 11.2 Å². The van der Waals surface area contributed by atoms with Crippen molar-refractivity contribution in [3.8, 4) is 0 Å². The molecule has 0 bridgehead atoms. The highest BCUT2D eigenvalue weighted by Crippen LogP contribution is 2.56. The molecule has 0 saturated heterocycles. The highest BCUT2D eigenvalue weighted by atomic mass is 31.1. The number of aliphatic hydroxyl groups excluding tert-OH is 1. The topological polar surface area (TPSA) is 20.2 Å². The molecule has 2 aromatic rings. The lowest BCUT2D eigenvalue weighted by Gasteiger charge is -2.30. The third kappa shape index (κ3) is 3.20. The van der Waals surface area contributed by atoms with Crippen molar-refractivity contribution >= 4 is 18.5 Å². The smallest absolute Gasteiger partial charge is 0.0587 e. The van der Waals surface area contributed by atoms with E-state index in [2.05, 4.69) is 55.0 Å². The van der Waals surface area contributed by atoms with E-state index in [9.17, 15) is 5.11 Å². The molecule has 1 fully saturated rings. The van der Waals surface area contributed by atoms with Gasteiger partial charge in [-0.2, -0.15) is 0 Å². The van der Waals surface area contributed by atoms with Gasteiger partial charge >= 0.3 is 0 Å². The zero-order valence-corrected chi connectivity index (χ0v) is 12.9. The Labute approximate surface area is 128 Å². The van der Waals surface area contributed by atoms with Crippen molar-refractivity contribution in [1.82, 2.24) is 0 Å². The van der Waals surface area contributed by atoms with Gasteiger partial charge in [0, 0.05) is 11.6 Å². The van der Waals surface area contributed by atoms with Gasteiger partial charge in [0.25, 0.3) is 0 Å². The van der Waals surface area contributed by atoms with E-state index in [1.165, 1.54) is 16.3 Å². The Kier molecular flexibility index (Phi) is 4.73. The summed E-state index contributed by atoms with van der Waals surface area (Å²) in [5, 5.41) is 12.7. The van der Waals surface area contributed by atoms with Crippen molar-refractivity contribution in [2.45, 2.75) is 13.0 Å². The van der Waals surface area contributed by atoms with Crippen LogP contribution in [0.4, 0.5) is 0 Å². The molecule has 1 saturated carbocycles. The summed E-state index contributed by atoms with van der Waals surface area (Å²) in [4.78, 5) is 0. The highest BCUT2D eigenvalue weighted by molar-refractivity contribution is 7.76. The number of rotatable bonds is 4. The second kappa shape index (κ2) is 6.73. The van der Waals surface area contributed by atoms with Gasteiger partial charge in [0.1, 0.15) is 0 Å². The van der Waals surface area contributed by atoms with Crippen LogP contribution in [0.5, 0.6) is 0 Å². The summed E-state index contributed by atoms with van der Waals surface area (Å²) in [7, 11) is -0.622.